The molecule has 1 saturated heterocycles. The van der Waals surface area contributed by atoms with Crippen molar-refractivity contribution in [3.8, 4) is 0 Å². The van der Waals surface area contributed by atoms with Crippen LogP contribution in [0.5, 0.6) is 0 Å². The molecule has 1 unspecified atom stereocenters. The van der Waals surface area contributed by atoms with Crippen molar-refractivity contribution in [3.63, 3.8) is 0 Å². The Kier molecular flexibility index (Phi) is 4.89. The fraction of sp³-hybridized carbons (Fsp3) is 0.571. The summed E-state index contributed by atoms with van der Waals surface area (Å²) < 4.78 is 5.42. The number of benzene rings is 1. The first-order chi connectivity index (χ1) is 8.35. The second-order valence-corrected chi connectivity index (χ2v) is 5.23. The molecule has 1 aliphatic rings. The summed E-state index contributed by atoms with van der Waals surface area (Å²) in [4.78, 5) is 3.88. The third-order valence-electron chi connectivity index (χ3n) is 3.37. The second kappa shape index (κ2) is 6.43. The Morgan fingerprint density at radius 3 is 2.41 bits per heavy atom. The van der Waals surface area contributed by atoms with Crippen molar-refractivity contribution in [2.45, 2.75) is 24.3 Å². The highest BCUT2D eigenvalue weighted by Gasteiger charge is 2.20. The molecule has 3 heteroatoms. The van der Waals surface area contributed by atoms with Gasteiger partial charge in [-0.15, -0.1) is 11.8 Å². The lowest BCUT2D eigenvalue weighted by Gasteiger charge is -2.34. The van der Waals surface area contributed by atoms with Gasteiger partial charge < -0.3 is 4.74 Å². The maximum atomic E-state index is 5.42. The van der Waals surface area contributed by atoms with Crippen LogP contribution < -0.4 is 0 Å². The summed E-state index contributed by atoms with van der Waals surface area (Å²) in [5.41, 5.74) is 1.44. The highest BCUT2D eigenvalue weighted by atomic mass is 32.2. The van der Waals surface area contributed by atoms with E-state index in [2.05, 4.69) is 42.3 Å². The van der Waals surface area contributed by atoms with Crippen molar-refractivity contribution in [3.05, 3.63) is 29.8 Å². The average Bonchev–Trinajstić information content (AvgIpc) is 2.42. The zero-order valence-corrected chi connectivity index (χ0v) is 11.5. The monoisotopic (exact) mass is 251 g/mol. The van der Waals surface area contributed by atoms with E-state index in [1.807, 2.05) is 0 Å². The summed E-state index contributed by atoms with van der Waals surface area (Å²) in [6, 6.07) is 9.55. The van der Waals surface area contributed by atoms with Crippen LogP contribution in [0.4, 0.5) is 0 Å². The first-order valence-electron chi connectivity index (χ1n) is 6.31. The topological polar surface area (TPSA) is 12.5 Å². The van der Waals surface area contributed by atoms with Crippen LogP contribution in [0.1, 0.15) is 24.9 Å². The van der Waals surface area contributed by atoms with Gasteiger partial charge in [-0.25, -0.2) is 0 Å². The molecule has 1 aliphatic heterocycles. The summed E-state index contributed by atoms with van der Waals surface area (Å²) in [5, 5.41) is 0. The SMILES string of the molecule is CCC(c1ccc(SC)cc1)N1CCOCC1. The molecule has 0 aliphatic carbocycles. The lowest BCUT2D eigenvalue weighted by atomic mass is 10.0. The number of nitrogens with zero attached hydrogens (tertiary/aromatic N) is 1. The minimum Gasteiger partial charge on any atom is -0.379 e. The van der Waals surface area contributed by atoms with Crippen LogP contribution >= 0.6 is 11.8 Å². The minimum absolute atomic E-state index is 0.551. The highest BCUT2D eigenvalue weighted by Crippen LogP contribution is 2.26. The molecule has 1 heterocycles. The Labute approximate surface area is 108 Å². The molecule has 1 aromatic carbocycles. The van der Waals surface area contributed by atoms with Crippen molar-refractivity contribution in [2.24, 2.45) is 0 Å². The predicted molar refractivity (Wildman–Crippen MR) is 73.6 cm³/mol. The van der Waals surface area contributed by atoms with Crippen LogP contribution in [-0.4, -0.2) is 37.5 Å². The molecule has 0 saturated carbocycles. The Hall–Kier alpha value is -0.510. The van der Waals surface area contributed by atoms with Crippen LogP contribution in [0.25, 0.3) is 0 Å². The van der Waals surface area contributed by atoms with E-state index >= 15 is 0 Å². The highest BCUT2D eigenvalue weighted by molar-refractivity contribution is 7.98. The van der Waals surface area contributed by atoms with Gasteiger partial charge in [0, 0.05) is 24.0 Å². The second-order valence-electron chi connectivity index (χ2n) is 4.35. The molecule has 2 nitrogen and oxygen atoms in total. The maximum absolute atomic E-state index is 5.42. The standard InChI is InChI=1S/C14H21NOS/c1-3-14(15-8-10-16-11-9-15)12-4-6-13(17-2)7-5-12/h4-7,14H,3,8-11H2,1-2H3. The fourth-order valence-corrected chi connectivity index (χ4v) is 2.83. The molecule has 0 N–H and O–H groups in total. The van der Waals surface area contributed by atoms with E-state index < -0.39 is 0 Å². The van der Waals surface area contributed by atoms with Gasteiger partial charge in [0.1, 0.15) is 0 Å². The van der Waals surface area contributed by atoms with E-state index in [4.69, 9.17) is 4.74 Å². The summed E-state index contributed by atoms with van der Waals surface area (Å²) in [7, 11) is 0. The number of hydrogen-bond donors (Lipinski definition) is 0. The number of ether oxygens (including phenoxy) is 1. The van der Waals surface area contributed by atoms with Gasteiger partial charge in [0.15, 0.2) is 0 Å². The fourth-order valence-electron chi connectivity index (χ4n) is 2.42. The van der Waals surface area contributed by atoms with E-state index in [-0.39, 0.29) is 0 Å². The molecule has 0 amide bonds. The molecule has 0 bridgehead atoms. The first kappa shape index (κ1) is 12.9. The number of rotatable bonds is 4. The number of thioether (sulfide) groups is 1. The molecular formula is C14H21NOS. The smallest absolute Gasteiger partial charge is 0.0594 e. The van der Waals surface area contributed by atoms with Gasteiger partial charge in [-0.2, -0.15) is 0 Å². The van der Waals surface area contributed by atoms with Gasteiger partial charge in [-0.05, 0) is 30.4 Å². The lowest BCUT2D eigenvalue weighted by Crippen LogP contribution is -2.38. The van der Waals surface area contributed by atoms with Crippen LogP contribution in [-0.2, 0) is 4.74 Å². The summed E-state index contributed by atoms with van der Waals surface area (Å²) in [6.45, 7) is 6.13. The molecule has 1 fully saturated rings. The van der Waals surface area contributed by atoms with E-state index in [0.717, 1.165) is 26.3 Å². The first-order valence-corrected chi connectivity index (χ1v) is 7.53. The Morgan fingerprint density at radius 1 is 1.24 bits per heavy atom. The van der Waals surface area contributed by atoms with Crippen molar-refractivity contribution in [2.75, 3.05) is 32.6 Å². The maximum Gasteiger partial charge on any atom is 0.0594 e. The molecule has 2 rings (SSSR count). The van der Waals surface area contributed by atoms with E-state index in [1.165, 1.54) is 16.9 Å². The molecule has 17 heavy (non-hydrogen) atoms. The third-order valence-corrected chi connectivity index (χ3v) is 4.12. The zero-order valence-electron chi connectivity index (χ0n) is 10.7. The van der Waals surface area contributed by atoms with E-state index in [0.29, 0.717) is 6.04 Å². The number of morpholine rings is 1. The molecule has 0 aromatic heterocycles. The van der Waals surface area contributed by atoms with Gasteiger partial charge in [0.2, 0.25) is 0 Å². The van der Waals surface area contributed by atoms with Crippen LogP contribution in [0.3, 0.4) is 0 Å². The lowest BCUT2D eigenvalue weighted by molar-refractivity contribution is 0.0152. The Bertz CT molecular complexity index is 333. The summed E-state index contributed by atoms with van der Waals surface area (Å²) in [6.07, 6.45) is 3.28. The zero-order chi connectivity index (χ0) is 12.1. The average molecular weight is 251 g/mol. The van der Waals surface area contributed by atoms with Crippen molar-refractivity contribution >= 4 is 11.8 Å². The van der Waals surface area contributed by atoms with E-state index in [9.17, 15) is 0 Å². The molecule has 1 aromatic rings. The minimum atomic E-state index is 0.551. The van der Waals surface area contributed by atoms with Crippen molar-refractivity contribution < 1.29 is 4.74 Å². The van der Waals surface area contributed by atoms with Crippen LogP contribution in [0.15, 0.2) is 29.2 Å². The third kappa shape index (κ3) is 3.24. The quantitative estimate of drug-likeness (QED) is 0.763. The van der Waals surface area contributed by atoms with Gasteiger partial charge in [-0.3, -0.25) is 4.90 Å². The van der Waals surface area contributed by atoms with Gasteiger partial charge in [0.05, 0.1) is 13.2 Å². The largest absolute Gasteiger partial charge is 0.379 e. The number of hydrogen-bond acceptors (Lipinski definition) is 3. The van der Waals surface area contributed by atoms with Crippen LogP contribution in [0, 0.1) is 0 Å². The van der Waals surface area contributed by atoms with Gasteiger partial charge in [0.25, 0.3) is 0 Å². The Balaban J connectivity index is 2.10. The predicted octanol–water partition coefficient (Wildman–Crippen LogP) is 3.19. The van der Waals surface area contributed by atoms with Crippen LogP contribution in [0.2, 0.25) is 0 Å². The van der Waals surface area contributed by atoms with Crippen molar-refractivity contribution in [1.82, 2.24) is 4.90 Å². The van der Waals surface area contributed by atoms with Gasteiger partial charge >= 0.3 is 0 Å². The summed E-state index contributed by atoms with van der Waals surface area (Å²) in [5.74, 6) is 0. The molecule has 0 spiro atoms. The molecule has 0 radical (unpaired) electrons. The Morgan fingerprint density at radius 2 is 1.88 bits per heavy atom. The summed E-state index contributed by atoms with van der Waals surface area (Å²) >= 11 is 1.80. The van der Waals surface area contributed by atoms with E-state index in [1.54, 1.807) is 11.8 Å². The van der Waals surface area contributed by atoms with Gasteiger partial charge in [-0.1, -0.05) is 19.1 Å². The molecule has 1 atom stereocenters. The van der Waals surface area contributed by atoms with Crippen molar-refractivity contribution in [1.29, 1.82) is 0 Å². The normalized spacial score (nSPS) is 19.2. The molecular weight excluding hydrogens is 230 g/mol. The molecule has 94 valence electrons.